The van der Waals surface area contributed by atoms with Gasteiger partial charge < -0.3 is 15.2 Å². The number of nitrogens with one attached hydrogen (secondary N) is 2. The molecule has 2 amide bonds. The fourth-order valence-electron chi connectivity index (χ4n) is 6.01. The van der Waals surface area contributed by atoms with Crippen LogP contribution >= 0.6 is 0 Å². The Hall–Kier alpha value is -4.96. The summed E-state index contributed by atoms with van der Waals surface area (Å²) in [6.45, 7) is 1.35. The van der Waals surface area contributed by atoms with Crippen molar-refractivity contribution in [3.8, 4) is 11.1 Å². The van der Waals surface area contributed by atoms with Crippen LogP contribution in [-0.2, 0) is 23.1 Å². The molecule has 2 aliphatic rings. The molecule has 1 saturated heterocycles. The lowest BCUT2D eigenvalue weighted by molar-refractivity contribution is -0.144. The van der Waals surface area contributed by atoms with Crippen molar-refractivity contribution in [3.63, 3.8) is 0 Å². The fourth-order valence-corrected chi connectivity index (χ4v) is 6.01. The minimum absolute atomic E-state index is 0.0330. The smallest absolute Gasteiger partial charge is 0.411 e. The second kappa shape index (κ2) is 11.1. The fraction of sp³-hybridized carbons (Fsp3) is 0.250. The van der Waals surface area contributed by atoms with E-state index < -0.39 is 23.5 Å². The lowest BCUT2D eigenvalue weighted by atomic mass is 9.98. The molecule has 1 aromatic heterocycles. The number of likely N-dealkylation sites (tertiary alicyclic amines) is 1. The average Bonchev–Trinajstić information content (AvgIpc) is 3.66. The van der Waals surface area contributed by atoms with Gasteiger partial charge in [-0.3, -0.25) is 19.7 Å². The number of carboxylic acid groups (broad SMARTS) is 1. The van der Waals surface area contributed by atoms with E-state index in [1.165, 1.54) is 10.9 Å². The minimum Gasteiger partial charge on any atom is -0.479 e. The third kappa shape index (κ3) is 5.12. The normalized spacial score (nSPS) is 17.8. The SMILES string of the molecule is Cn1ncc(NC(=O)OCC2c3ccccc3-c3ccccc32)c1C(=O)NC1(C(=O)O)CCN(Cc2ccccc2)C1. The zero-order valence-corrected chi connectivity index (χ0v) is 23.1. The van der Waals surface area contributed by atoms with Gasteiger partial charge in [0.15, 0.2) is 5.54 Å². The standard InChI is InChI=1S/C32H31N5O5/c1-36-28(29(38)35-32(30(39)40)15-16-37(20-32)18-21-9-3-2-4-10-21)27(17-33-36)34-31(41)42-19-26-24-13-7-5-11-22(24)23-12-6-8-14-25(23)26/h2-14,17,26H,15-16,18-20H2,1H3,(H,34,41)(H,35,38)(H,39,40). The number of amides is 2. The molecule has 6 rings (SSSR count). The van der Waals surface area contributed by atoms with Gasteiger partial charge in [0.2, 0.25) is 0 Å². The average molecular weight is 566 g/mol. The molecule has 1 aliphatic heterocycles. The minimum atomic E-state index is -1.48. The number of benzene rings is 3. The zero-order chi connectivity index (χ0) is 29.3. The summed E-state index contributed by atoms with van der Waals surface area (Å²) in [6, 6.07) is 25.9. The summed E-state index contributed by atoms with van der Waals surface area (Å²) >= 11 is 0. The first-order chi connectivity index (χ1) is 20.3. The van der Waals surface area contributed by atoms with E-state index in [0.29, 0.717) is 13.1 Å². The first-order valence-electron chi connectivity index (χ1n) is 13.8. The Morgan fingerprint density at radius 1 is 0.976 bits per heavy atom. The van der Waals surface area contributed by atoms with Crippen LogP contribution in [0.4, 0.5) is 10.5 Å². The summed E-state index contributed by atoms with van der Waals surface area (Å²) in [5.74, 6) is -1.87. The Bertz CT molecular complexity index is 1610. The number of hydrogen-bond acceptors (Lipinski definition) is 6. The first-order valence-corrected chi connectivity index (χ1v) is 13.8. The summed E-state index contributed by atoms with van der Waals surface area (Å²) in [4.78, 5) is 40.8. The van der Waals surface area contributed by atoms with Crippen molar-refractivity contribution in [2.75, 3.05) is 25.0 Å². The van der Waals surface area contributed by atoms with Gasteiger partial charge in [-0.25, -0.2) is 9.59 Å². The maximum Gasteiger partial charge on any atom is 0.411 e. The highest BCUT2D eigenvalue weighted by molar-refractivity contribution is 6.03. The van der Waals surface area contributed by atoms with Gasteiger partial charge in [0.1, 0.15) is 12.3 Å². The summed E-state index contributed by atoms with van der Waals surface area (Å²) in [5, 5.41) is 19.6. The van der Waals surface area contributed by atoms with Crippen molar-refractivity contribution in [2.24, 2.45) is 7.05 Å². The van der Waals surface area contributed by atoms with Crippen molar-refractivity contribution in [3.05, 3.63) is 107 Å². The second-order valence-electron chi connectivity index (χ2n) is 10.8. The monoisotopic (exact) mass is 565 g/mol. The number of aromatic nitrogens is 2. The van der Waals surface area contributed by atoms with E-state index >= 15 is 0 Å². The van der Waals surface area contributed by atoms with Crippen molar-refractivity contribution in [1.82, 2.24) is 20.0 Å². The van der Waals surface area contributed by atoms with Crippen molar-refractivity contribution in [1.29, 1.82) is 0 Å². The molecule has 2 heterocycles. The van der Waals surface area contributed by atoms with Gasteiger partial charge in [0, 0.05) is 32.6 Å². The summed E-state index contributed by atoms with van der Waals surface area (Å²) in [7, 11) is 1.56. The maximum absolute atomic E-state index is 13.5. The highest BCUT2D eigenvalue weighted by atomic mass is 16.5. The van der Waals surface area contributed by atoms with Crippen LogP contribution in [0.5, 0.6) is 0 Å². The zero-order valence-electron chi connectivity index (χ0n) is 23.1. The number of carboxylic acids is 1. The lowest BCUT2D eigenvalue weighted by Gasteiger charge is -2.26. The van der Waals surface area contributed by atoms with Gasteiger partial charge in [-0.2, -0.15) is 5.10 Å². The molecule has 0 saturated carbocycles. The molecule has 3 aromatic carbocycles. The molecule has 0 spiro atoms. The molecule has 0 bridgehead atoms. The molecule has 10 heteroatoms. The lowest BCUT2D eigenvalue weighted by Crippen LogP contribution is -2.56. The summed E-state index contributed by atoms with van der Waals surface area (Å²) in [5.41, 5.74) is 4.17. The number of aryl methyl sites for hydroxylation is 1. The number of fused-ring (bicyclic) bond motifs is 3. The number of rotatable bonds is 8. The molecular weight excluding hydrogens is 534 g/mol. The molecule has 1 unspecified atom stereocenters. The number of carbonyl (C=O) groups is 3. The van der Waals surface area contributed by atoms with Crippen LogP contribution in [0.15, 0.2) is 85.1 Å². The van der Waals surface area contributed by atoms with E-state index in [2.05, 4.69) is 27.9 Å². The predicted octanol–water partition coefficient (Wildman–Crippen LogP) is 4.24. The molecule has 214 valence electrons. The van der Waals surface area contributed by atoms with E-state index in [-0.39, 0.29) is 36.9 Å². The molecule has 4 aromatic rings. The van der Waals surface area contributed by atoms with Crippen LogP contribution in [0.3, 0.4) is 0 Å². The molecule has 1 atom stereocenters. The van der Waals surface area contributed by atoms with Crippen LogP contribution < -0.4 is 10.6 Å². The Morgan fingerprint density at radius 3 is 2.29 bits per heavy atom. The number of ether oxygens (including phenoxy) is 1. The molecule has 42 heavy (non-hydrogen) atoms. The van der Waals surface area contributed by atoms with Crippen LogP contribution in [0.2, 0.25) is 0 Å². The van der Waals surface area contributed by atoms with Crippen LogP contribution in [0.25, 0.3) is 11.1 Å². The Labute approximate surface area is 242 Å². The molecule has 1 aliphatic carbocycles. The van der Waals surface area contributed by atoms with Gasteiger partial charge in [-0.15, -0.1) is 0 Å². The Morgan fingerprint density at radius 2 is 1.62 bits per heavy atom. The third-order valence-electron chi connectivity index (χ3n) is 8.09. The highest BCUT2D eigenvalue weighted by Crippen LogP contribution is 2.44. The van der Waals surface area contributed by atoms with Crippen LogP contribution in [0.1, 0.15) is 39.5 Å². The Kier molecular flexibility index (Phi) is 7.22. The number of hydrogen-bond donors (Lipinski definition) is 3. The van der Waals surface area contributed by atoms with Crippen molar-refractivity contribution < 1.29 is 24.2 Å². The molecule has 0 radical (unpaired) electrons. The van der Waals surface area contributed by atoms with E-state index in [1.54, 1.807) is 7.05 Å². The molecule has 1 fully saturated rings. The predicted molar refractivity (Wildman–Crippen MR) is 156 cm³/mol. The molecular formula is C32H31N5O5. The van der Waals surface area contributed by atoms with Crippen LogP contribution in [-0.4, -0.2) is 63.0 Å². The van der Waals surface area contributed by atoms with E-state index in [4.69, 9.17) is 4.74 Å². The third-order valence-corrected chi connectivity index (χ3v) is 8.09. The number of aliphatic carboxylic acids is 1. The van der Waals surface area contributed by atoms with E-state index in [1.807, 2.05) is 71.6 Å². The second-order valence-corrected chi connectivity index (χ2v) is 10.8. The maximum atomic E-state index is 13.5. The van der Waals surface area contributed by atoms with Gasteiger partial charge >= 0.3 is 12.1 Å². The number of carbonyl (C=O) groups excluding carboxylic acids is 2. The first kappa shape index (κ1) is 27.2. The van der Waals surface area contributed by atoms with Gasteiger partial charge in [0.05, 0.1) is 11.9 Å². The van der Waals surface area contributed by atoms with E-state index in [0.717, 1.165) is 27.8 Å². The topological polar surface area (TPSA) is 126 Å². The number of nitrogens with zero attached hydrogens (tertiary/aromatic N) is 3. The summed E-state index contributed by atoms with van der Waals surface area (Å²) < 4.78 is 6.94. The Balaban J connectivity index is 1.13. The van der Waals surface area contributed by atoms with Gasteiger partial charge in [0.25, 0.3) is 5.91 Å². The highest BCUT2D eigenvalue weighted by Gasteiger charge is 2.46. The van der Waals surface area contributed by atoms with Crippen LogP contribution in [0, 0.1) is 0 Å². The molecule has 3 N–H and O–H groups in total. The van der Waals surface area contributed by atoms with Gasteiger partial charge in [-0.05, 0) is 34.2 Å². The largest absolute Gasteiger partial charge is 0.479 e. The molecule has 10 nitrogen and oxygen atoms in total. The van der Waals surface area contributed by atoms with E-state index in [9.17, 15) is 19.5 Å². The quantitative estimate of drug-likeness (QED) is 0.292. The van der Waals surface area contributed by atoms with Gasteiger partial charge in [-0.1, -0.05) is 78.9 Å². The van der Waals surface area contributed by atoms with Crippen molar-refractivity contribution in [2.45, 2.75) is 24.4 Å². The number of anilines is 1. The summed E-state index contributed by atoms with van der Waals surface area (Å²) in [6.07, 6.45) is 0.857. The van der Waals surface area contributed by atoms with Crippen molar-refractivity contribution >= 4 is 23.7 Å².